The Balaban J connectivity index is 2.06. The predicted octanol–water partition coefficient (Wildman–Crippen LogP) is 1.83. The lowest BCUT2D eigenvalue weighted by Crippen LogP contribution is -2.27. The van der Waals surface area contributed by atoms with Gasteiger partial charge in [0.1, 0.15) is 0 Å². The van der Waals surface area contributed by atoms with Crippen LogP contribution in [0.3, 0.4) is 0 Å². The number of benzene rings is 1. The second-order valence-corrected chi connectivity index (χ2v) is 5.20. The summed E-state index contributed by atoms with van der Waals surface area (Å²) in [5, 5.41) is 2.87. The monoisotopic (exact) mass is 313 g/mol. The van der Waals surface area contributed by atoms with E-state index in [1.807, 2.05) is 18.2 Å². The molecule has 1 aromatic heterocycles. The lowest BCUT2D eigenvalue weighted by Gasteiger charge is -2.20. The van der Waals surface area contributed by atoms with Crippen molar-refractivity contribution in [1.82, 2.24) is 20.2 Å². The molecule has 0 atom stereocenters. The Morgan fingerprint density at radius 1 is 1.13 bits per heavy atom. The maximum atomic E-state index is 12.2. The Morgan fingerprint density at radius 2 is 1.78 bits per heavy atom. The fourth-order valence-electron chi connectivity index (χ4n) is 2.36. The number of rotatable bonds is 7. The van der Waals surface area contributed by atoms with Crippen molar-refractivity contribution < 1.29 is 4.79 Å². The van der Waals surface area contributed by atoms with Gasteiger partial charge in [-0.25, -0.2) is 9.97 Å². The summed E-state index contributed by atoms with van der Waals surface area (Å²) in [5.74, 6) is -0.172. The molecular weight excluding hydrogens is 290 g/mol. The third-order valence-electron chi connectivity index (χ3n) is 3.79. The molecule has 23 heavy (non-hydrogen) atoms. The molecular formula is C17H23N5O. The molecule has 122 valence electrons. The first-order chi connectivity index (χ1) is 11.2. The average Bonchev–Trinajstić information content (AvgIpc) is 2.58. The van der Waals surface area contributed by atoms with Gasteiger partial charge in [-0.05, 0) is 24.2 Å². The van der Waals surface area contributed by atoms with Gasteiger partial charge < -0.3 is 11.1 Å². The highest BCUT2D eigenvalue weighted by molar-refractivity contribution is 5.96. The number of aromatic nitrogens is 2. The zero-order valence-electron chi connectivity index (χ0n) is 13.6. The number of nitrogen functional groups attached to an aromatic ring is 1. The Kier molecular flexibility index (Phi) is 6.05. The summed E-state index contributed by atoms with van der Waals surface area (Å²) in [7, 11) is 0. The minimum absolute atomic E-state index is 0.140. The molecule has 1 heterocycles. The third kappa shape index (κ3) is 4.50. The summed E-state index contributed by atoms with van der Waals surface area (Å²) < 4.78 is 0. The number of anilines is 1. The second-order valence-electron chi connectivity index (χ2n) is 5.20. The van der Waals surface area contributed by atoms with Crippen molar-refractivity contribution in [3.63, 3.8) is 0 Å². The summed E-state index contributed by atoms with van der Waals surface area (Å²) >= 11 is 0. The van der Waals surface area contributed by atoms with E-state index >= 15 is 0 Å². The summed E-state index contributed by atoms with van der Waals surface area (Å²) in [6.45, 7) is 7.58. The van der Waals surface area contributed by atoms with Crippen LogP contribution in [0, 0.1) is 0 Å². The number of amides is 1. The number of nitrogens with zero attached hydrogens (tertiary/aromatic N) is 3. The molecule has 0 saturated heterocycles. The molecule has 1 aromatic carbocycles. The lowest BCUT2D eigenvalue weighted by molar-refractivity contribution is 0.0946. The highest BCUT2D eigenvalue weighted by Gasteiger charge is 2.12. The molecule has 0 fully saturated rings. The van der Waals surface area contributed by atoms with Gasteiger partial charge in [0.15, 0.2) is 11.5 Å². The summed E-state index contributed by atoms with van der Waals surface area (Å²) in [5.41, 5.74) is 8.15. The van der Waals surface area contributed by atoms with Crippen LogP contribution in [0.25, 0.3) is 0 Å². The van der Waals surface area contributed by atoms with E-state index in [0.717, 1.165) is 25.2 Å². The fraction of sp³-hybridized carbons (Fsp3) is 0.353. The van der Waals surface area contributed by atoms with Crippen LogP contribution in [0.2, 0.25) is 0 Å². The van der Waals surface area contributed by atoms with Gasteiger partial charge in [0.05, 0.1) is 0 Å². The topological polar surface area (TPSA) is 84.1 Å². The third-order valence-corrected chi connectivity index (χ3v) is 3.79. The molecule has 6 heteroatoms. The zero-order chi connectivity index (χ0) is 16.7. The van der Waals surface area contributed by atoms with Gasteiger partial charge in [-0.1, -0.05) is 38.1 Å². The van der Waals surface area contributed by atoms with Gasteiger partial charge in [-0.2, -0.15) is 0 Å². The minimum atomic E-state index is -0.312. The van der Waals surface area contributed by atoms with Crippen LogP contribution < -0.4 is 11.1 Å². The van der Waals surface area contributed by atoms with E-state index in [1.165, 1.54) is 18.0 Å². The predicted molar refractivity (Wildman–Crippen MR) is 90.7 cm³/mol. The number of hydrogen-bond acceptors (Lipinski definition) is 5. The molecule has 3 N–H and O–H groups in total. The van der Waals surface area contributed by atoms with Gasteiger partial charge in [0.25, 0.3) is 5.91 Å². The summed E-state index contributed by atoms with van der Waals surface area (Å²) in [4.78, 5) is 22.4. The minimum Gasteiger partial charge on any atom is -0.382 e. The van der Waals surface area contributed by atoms with Gasteiger partial charge in [0, 0.05) is 25.5 Å². The van der Waals surface area contributed by atoms with Crippen molar-refractivity contribution >= 4 is 11.7 Å². The molecule has 2 aromatic rings. The lowest BCUT2D eigenvalue weighted by atomic mass is 10.1. The first-order valence-electron chi connectivity index (χ1n) is 7.79. The highest BCUT2D eigenvalue weighted by atomic mass is 16.1. The van der Waals surface area contributed by atoms with E-state index in [1.54, 1.807) is 0 Å². The molecule has 0 unspecified atom stereocenters. The van der Waals surface area contributed by atoms with Crippen LogP contribution in [-0.2, 0) is 13.1 Å². The number of carbonyl (C=O) groups excluding carboxylic acids is 1. The molecule has 0 saturated carbocycles. The van der Waals surface area contributed by atoms with E-state index < -0.39 is 0 Å². The van der Waals surface area contributed by atoms with Crippen molar-refractivity contribution in [3.05, 3.63) is 53.5 Å². The van der Waals surface area contributed by atoms with Crippen molar-refractivity contribution in [1.29, 1.82) is 0 Å². The van der Waals surface area contributed by atoms with Crippen LogP contribution in [0.5, 0.6) is 0 Å². The molecule has 0 spiro atoms. The maximum absolute atomic E-state index is 12.2. The first-order valence-corrected chi connectivity index (χ1v) is 7.79. The normalized spacial score (nSPS) is 10.7. The van der Waals surface area contributed by atoms with Crippen molar-refractivity contribution in [2.45, 2.75) is 26.9 Å². The molecule has 0 bridgehead atoms. The molecule has 0 radical (unpaired) electrons. The molecule has 0 aliphatic heterocycles. The van der Waals surface area contributed by atoms with Crippen molar-refractivity contribution in [3.8, 4) is 0 Å². The maximum Gasteiger partial charge on any atom is 0.273 e. The Bertz CT molecular complexity index is 655. The summed E-state index contributed by atoms with van der Waals surface area (Å²) in [6.07, 6.45) is 2.92. The average molecular weight is 313 g/mol. The number of carbonyl (C=O) groups is 1. The Hall–Kier alpha value is -2.47. The van der Waals surface area contributed by atoms with Crippen LogP contribution >= 0.6 is 0 Å². The first kappa shape index (κ1) is 16.9. The molecule has 6 nitrogen and oxygen atoms in total. The van der Waals surface area contributed by atoms with Crippen molar-refractivity contribution in [2.24, 2.45) is 0 Å². The van der Waals surface area contributed by atoms with Crippen LogP contribution in [0.4, 0.5) is 5.82 Å². The largest absolute Gasteiger partial charge is 0.382 e. The number of hydrogen-bond donors (Lipinski definition) is 2. The zero-order valence-corrected chi connectivity index (χ0v) is 13.6. The number of nitrogens with two attached hydrogens (primary N) is 1. The SMILES string of the molecule is CCN(CC)Cc1ccccc1CNC(=O)c1nccnc1N. The van der Waals surface area contributed by atoms with Crippen molar-refractivity contribution in [2.75, 3.05) is 18.8 Å². The quantitative estimate of drug-likeness (QED) is 0.814. The van der Waals surface area contributed by atoms with E-state index in [2.05, 4.69) is 40.1 Å². The van der Waals surface area contributed by atoms with Gasteiger partial charge >= 0.3 is 0 Å². The second kappa shape index (κ2) is 8.24. The Labute approximate surface area is 136 Å². The van der Waals surface area contributed by atoms with E-state index in [4.69, 9.17) is 5.73 Å². The van der Waals surface area contributed by atoms with Gasteiger partial charge in [-0.15, -0.1) is 0 Å². The Morgan fingerprint density at radius 3 is 2.43 bits per heavy atom. The van der Waals surface area contributed by atoms with E-state index in [-0.39, 0.29) is 17.4 Å². The fourth-order valence-corrected chi connectivity index (χ4v) is 2.36. The highest BCUT2D eigenvalue weighted by Crippen LogP contribution is 2.12. The van der Waals surface area contributed by atoms with Crippen LogP contribution in [0.15, 0.2) is 36.7 Å². The van der Waals surface area contributed by atoms with E-state index in [9.17, 15) is 4.79 Å². The molecule has 1 amide bonds. The standard InChI is InChI=1S/C17H23N5O/c1-3-22(4-2)12-14-8-6-5-7-13(14)11-21-17(23)15-16(18)20-10-9-19-15/h5-10H,3-4,11-12H2,1-2H3,(H2,18,20)(H,21,23). The molecule has 2 rings (SSSR count). The summed E-state index contributed by atoms with van der Waals surface area (Å²) in [6, 6.07) is 8.12. The van der Waals surface area contributed by atoms with Crippen LogP contribution in [-0.4, -0.2) is 33.9 Å². The number of nitrogens with one attached hydrogen (secondary N) is 1. The van der Waals surface area contributed by atoms with E-state index in [0.29, 0.717) is 6.54 Å². The smallest absolute Gasteiger partial charge is 0.273 e. The molecule has 0 aliphatic rings. The van der Waals surface area contributed by atoms with Crippen LogP contribution in [0.1, 0.15) is 35.5 Å². The molecule has 0 aliphatic carbocycles. The van der Waals surface area contributed by atoms with Gasteiger partial charge in [0.2, 0.25) is 0 Å². The van der Waals surface area contributed by atoms with Gasteiger partial charge in [-0.3, -0.25) is 9.69 Å².